The first-order valence-electron chi connectivity index (χ1n) is 7.07. The van der Waals surface area contributed by atoms with Gasteiger partial charge in [0.15, 0.2) is 0 Å². The molecule has 1 aliphatic carbocycles. The topological polar surface area (TPSA) is 26.0 Å². The molecule has 0 amide bonds. The minimum Gasteiger partial charge on any atom is -0.327 e. The molecule has 2 N–H and O–H groups in total. The van der Waals surface area contributed by atoms with E-state index < -0.39 is 0 Å². The van der Waals surface area contributed by atoms with Gasteiger partial charge in [-0.25, -0.2) is 4.39 Å². The van der Waals surface area contributed by atoms with Gasteiger partial charge in [0.25, 0.3) is 0 Å². The van der Waals surface area contributed by atoms with E-state index in [2.05, 4.69) is 13.8 Å². The third kappa shape index (κ3) is 3.93. The van der Waals surface area contributed by atoms with E-state index in [9.17, 15) is 4.39 Å². The lowest BCUT2D eigenvalue weighted by atomic mass is 9.70. The molecule has 2 rings (SSSR count). The molecule has 0 saturated heterocycles. The summed E-state index contributed by atoms with van der Waals surface area (Å²) in [6.07, 6.45) is 5.67. The summed E-state index contributed by atoms with van der Waals surface area (Å²) in [6, 6.07) is 5.06. The monoisotopic (exact) mass is 283 g/mol. The Morgan fingerprint density at radius 3 is 2.58 bits per heavy atom. The molecule has 1 unspecified atom stereocenters. The first kappa shape index (κ1) is 14.8. The van der Waals surface area contributed by atoms with Crippen molar-refractivity contribution in [1.82, 2.24) is 0 Å². The summed E-state index contributed by atoms with van der Waals surface area (Å²) in [4.78, 5) is 0. The molecule has 0 aromatic heterocycles. The standard InChI is InChI=1S/C16H23ClFN/c1-16(2)7-5-12(6-8-16)15(19)10-11-3-4-14(18)13(17)9-11/h3-4,9,12,15H,5-8,10,19H2,1-2H3. The second-order valence-electron chi connectivity index (χ2n) is 6.62. The van der Waals surface area contributed by atoms with Crippen molar-refractivity contribution in [2.75, 3.05) is 0 Å². The van der Waals surface area contributed by atoms with Gasteiger partial charge in [0.1, 0.15) is 5.82 Å². The maximum Gasteiger partial charge on any atom is 0.141 e. The first-order chi connectivity index (χ1) is 8.87. The number of nitrogens with two attached hydrogens (primary N) is 1. The lowest BCUT2D eigenvalue weighted by Crippen LogP contribution is -2.36. The number of benzene rings is 1. The van der Waals surface area contributed by atoms with Crippen LogP contribution in [0.5, 0.6) is 0 Å². The average Bonchev–Trinajstić information content (AvgIpc) is 2.33. The number of hydrogen-bond donors (Lipinski definition) is 1. The summed E-state index contributed by atoms with van der Waals surface area (Å²) in [7, 11) is 0. The van der Waals surface area contributed by atoms with Crippen LogP contribution < -0.4 is 5.73 Å². The molecule has 1 aliphatic rings. The average molecular weight is 284 g/mol. The lowest BCUT2D eigenvalue weighted by molar-refractivity contribution is 0.173. The fourth-order valence-corrected chi connectivity index (χ4v) is 3.16. The van der Waals surface area contributed by atoms with Gasteiger partial charge in [-0.15, -0.1) is 0 Å². The van der Waals surface area contributed by atoms with Gasteiger partial charge in [-0.1, -0.05) is 31.5 Å². The Morgan fingerprint density at radius 1 is 1.37 bits per heavy atom. The summed E-state index contributed by atoms with van der Waals surface area (Å²) in [6.45, 7) is 4.66. The van der Waals surface area contributed by atoms with Crippen molar-refractivity contribution in [3.63, 3.8) is 0 Å². The highest BCUT2D eigenvalue weighted by Crippen LogP contribution is 2.39. The van der Waals surface area contributed by atoms with E-state index in [1.165, 1.54) is 31.7 Å². The van der Waals surface area contributed by atoms with E-state index in [0.29, 0.717) is 11.3 Å². The van der Waals surface area contributed by atoms with Crippen LogP contribution in [0.3, 0.4) is 0 Å². The zero-order valence-electron chi connectivity index (χ0n) is 11.8. The van der Waals surface area contributed by atoms with E-state index in [1.807, 2.05) is 0 Å². The fraction of sp³-hybridized carbons (Fsp3) is 0.625. The number of rotatable bonds is 3. The predicted octanol–water partition coefficient (Wildman–Crippen LogP) is 4.57. The third-order valence-electron chi connectivity index (χ3n) is 4.44. The van der Waals surface area contributed by atoms with Crippen molar-refractivity contribution in [1.29, 1.82) is 0 Å². The molecule has 1 fully saturated rings. The van der Waals surface area contributed by atoms with Gasteiger partial charge in [-0.2, -0.15) is 0 Å². The molecule has 1 nitrogen and oxygen atoms in total. The molecule has 0 radical (unpaired) electrons. The minimum absolute atomic E-state index is 0.151. The molecular weight excluding hydrogens is 261 g/mol. The van der Waals surface area contributed by atoms with Crippen LogP contribution in [0, 0.1) is 17.2 Å². The Bertz CT molecular complexity index is 434. The summed E-state index contributed by atoms with van der Waals surface area (Å²) >= 11 is 5.80. The summed E-state index contributed by atoms with van der Waals surface area (Å²) in [5, 5.41) is 0.189. The Kier molecular flexibility index (Phi) is 4.52. The van der Waals surface area contributed by atoms with Gasteiger partial charge in [0, 0.05) is 6.04 Å². The van der Waals surface area contributed by atoms with E-state index in [-0.39, 0.29) is 16.9 Å². The Labute approximate surface area is 120 Å². The van der Waals surface area contributed by atoms with Gasteiger partial charge in [0.2, 0.25) is 0 Å². The fourth-order valence-electron chi connectivity index (χ4n) is 2.96. The molecule has 3 heteroatoms. The van der Waals surface area contributed by atoms with E-state index >= 15 is 0 Å². The third-order valence-corrected chi connectivity index (χ3v) is 4.73. The number of hydrogen-bond acceptors (Lipinski definition) is 1. The van der Waals surface area contributed by atoms with E-state index in [4.69, 9.17) is 17.3 Å². The Hall–Kier alpha value is -0.600. The van der Waals surface area contributed by atoms with Crippen LogP contribution >= 0.6 is 11.6 Å². The van der Waals surface area contributed by atoms with Crippen molar-refractivity contribution in [2.24, 2.45) is 17.1 Å². The molecule has 1 aromatic carbocycles. The summed E-state index contributed by atoms with van der Waals surface area (Å²) in [5.41, 5.74) is 7.82. The van der Waals surface area contributed by atoms with Crippen molar-refractivity contribution in [2.45, 2.75) is 52.0 Å². The molecule has 0 aliphatic heterocycles. The predicted molar refractivity (Wildman–Crippen MR) is 78.8 cm³/mol. The van der Waals surface area contributed by atoms with Crippen molar-refractivity contribution in [3.8, 4) is 0 Å². The maximum absolute atomic E-state index is 13.1. The summed E-state index contributed by atoms with van der Waals surface area (Å²) < 4.78 is 13.1. The van der Waals surface area contributed by atoms with Crippen LogP contribution in [0.15, 0.2) is 18.2 Å². The molecular formula is C16H23ClFN. The zero-order chi connectivity index (χ0) is 14.0. The van der Waals surface area contributed by atoms with Crippen LogP contribution in [0.2, 0.25) is 5.02 Å². The molecule has 1 aromatic rings. The van der Waals surface area contributed by atoms with Gasteiger partial charge in [0.05, 0.1) is 5.02 Å². The van der Waals surface area contributed by atoms with Crippen molar-refractivity contribution in [3.05, 3.63) is 34.6 Å². The van der Waals surface area contributed by atoms with Gasteiger partial charge in [-0.3, -0.25) is 0 Å². The molecule has 0 heterocycles. The Balaban J connectivity index is 1.94. The quantitative estimate of drug-likeness (QED) is 0.864. The molecule has 0 spiro atoms. The number of halogens is 2. The SMILES string of the molecule is CC1(C)CCC(C(N)Cc2ccc(F)c(Cl)c2)CC1. The van der Waals surface area contributed by atoms with Crippen LogP contribution in [-0.4, -0.2) is 6.04 Å². The van der Waals surface area contributed by atoms with Crippen molar-refractivity contribution >= 4 is 11.6 Å². The van der Waals surface area contributed by atoms with Gasteiger partial charge in [-0.05, 0) is 61.1 Å². The largest absolute Gasteiger partial charge is 0.327 e. The highest BCUT2D eigenvalue weighted by Gasteiger charge is 2.29. The molecule has 1 saturated carbocycles. The maximum atomic E-state index is 13.1. The highest BCUT2D eigenvalue weighted by atomic mass is 35.5. The molecule has 19 heavy (non-hydrogen) atoms. The Morgan fingerprint density at radius 2 is 2.00 bits per heavy atom. The molecule has 0 bridgehead atoms. The van der Waals surface area contributed by atoms with E-state index in [0.717, 1.165) is 12.0 Å². The lowest BCUT2D eigenvalue weighted by Gasteiger charge is -2.36. The minimum atomic E-state index is -0.363. The smallest absolute Gasteiger partial charge is 0.141 e. The van der Waals surface area contributed by atoms with E-state index in [1.54, 1.807) is 12.1 Å². The van der Waals surface area contributed by atoms with Crippen LogP contribution in [0.25, 0.3) is 0 Å². The second kappa shape index (κ2) is 5.80. The second-order valence-corrected chi connectivity index (χ2v) is 7.03. The highest BCUT2D eigenvalue weighted by molar-refractivity contribution is 6.30. The summed E-state index contributed by atoms with van der Waals surface area (Å²) in [5.74, 6) is 0.218. The van der Waals surface area contributed by atoms with Crippen molar-refractivity contribution < 1.29 is 4.39 Å². The van der Waals surface area contributed by atoms with Crippen LogP contribution in [-0.2, 0) is 6.42 Å². The van der Waals surface area contributed by atoms with Crippen LogP contribution in [0.1, 0.15) is 45.1 Å². The molecule has 1 atom stereocenters. The normalized spacial score (nSPS) is 21.3. The van der Waals surface area contributed by atoms with Gasteiger partial charge < -0.3 is 5.73 Å². The molecule has 106 valence electrons. The van der Waals surface area contributed by atoms with Gasteiger partial charge >= 0.3 is 0 Å². The first-order valence-corrected chi connectivity index (χ1v) is 7.45. The zero-order valence-corrected chi connectivity index (χ0v) is 12.5. The van der Waals surface area contributed by atoms with Crippen LogP contribution in [0.4, 0.5) is 4.39 Å².